The van der Waals surface area contributed by atoms with Crippen LogP contribution in [0.15, 0.2) is 17.5 Å². The molecule has 1 aromatic heterocycles. The lowest BCUT2D eigenvalue weighted by Gasteiger charge is -2.37. The maximum Gasteiger partial charge on any atom is 0.262 e. The van der Waals surface area contributed by atoms with Crippen molar-refractivity contribution in [1.82, 2.24) is 15.1 Å². The predicted octanol–water partition coefficient (Wildman–Crippen LogP) is 2.36. The number of piperidine rings is 1. The summed E-state index contributed by atoms with van der Waals surface area (Å²) < 4.78 is 0. The number of carbonyl (C=O) groups is 3. The molecule has 0 spiro atoms. The fourth-order valence-corrected chi connectivity index (χ4v) is 4.07. The van der Waals surface area contributed by atoms with E-state index >= 15 is 0 Å². The van der Waals surface area contributed by atoms with Crippen LogP contribution >= 0.6 is 11.3 Å². The van der Waals surface area contributed by atoms with Crippen LogP contribution < -0.4 is 5.32 Å². The van der Waals surface area contributed by atoms with Gasteiger partial charge in [0, 0.05) is 32.6 Å². The average Bonchev–Trinajstić information content (AvgIpc) is 3.21. The van der Waals surface area contributed by atoms with Crippen LogP contribution in [0.25, 0.3) is 0 Å². The largest absolute Gasteiger partial charge is 0.343 e. The van der Waals surface area contributed by atoms with E-state index in [0.29, 0.717) is 37.5 Å². The van der Waals surface area contributed by atoms with Crippen LogP contribution in [0.5, 0.6) is 0 Å². The van der Waals surface area contributed by atoms with E-state index in [-0.39, 0.29) is 23.6 Å². The monoisotopic (exact) mass is 379 g/mol. The van der Waals surface area contributed by atoms with E-state index in [4.69, 9.17) is 0 Å². The second-order valence-corrected chi connectivity index (χ2v) is 7.46. The molecule has 6 nitrogen and oxygen atoms in total. The normalized spacial score (nSPS) is 16.2. The molecule has 0 aliphatic carbocycles. The van der Waals surface area contributed by atoms with Crippen LogP contribution in [0, 0.1) is 5.92 Å². The molecule has 0 aromatic carbocycles. The molecule has 0 saturated carbocycles. The number of likely N-dealkylation sites (tertiary alicyclic amines) is 1. The number of amides is 3. The highest BCUT2D eigenvalue weighted by Gasteiger charge is 2.35. The van der Waals surface area contributed by atoms with Crippen molar-refractivity contribution in [2.24, 2.45) is 5.92 Å². The van der Waals surface area contributed by atoms with Crippen molar-refractivity contribution in [3.05, 3.63) is 22.4 Å². The topological polar surface area (TPSA) is 69.7 Å². The third-order valence-electron chi connectivity index (χ3n) is 5.04. The summed E-state index contributed by atoms with van der Waals surface area (Å²) in [5.41, 5.74) is 0. The highest BCUT2D eigenvalue weighted by Crippen LogP contribution is 2.23. The summed E-state index contributed by atoms with van der Waals surface area (Å²) in [5, 5.41) is 4.83. The summed E-state index contributed by atoms with van der Waals surface area (Å²) in [7, 11) is 0. The molecule has 2 rings (SSSR count). The summed E-state index contributed by atoms with van der Waals surface area (Å²) in [6.07, 6.45) is 1.96. The van der Waals surface area contributed by atoms with Gasteiger partial charge in [0.15, 0.2) is 0 Å². The molecule has 1 fully saturated rings. The van der Waals surface area contributed by atoms with Crippen molar-refractivity contribution in [1.29, 1.82) is 0 Å². The third kappa shape index (κ3) is 4.84. The molecule has 0 radical (unpaired) electrons. The average molecular weight is 380 g/mol. The van der Waals surface area contributed by atoms with Gasteiger partial charge >= 0.3 is 0 Å². The SMILES string of the molecule is CCC(=O)N1CCC([C@@H](NC(=O)c2cccs2)C(=O)N(CC)CC)CC1. The van der Waals surface area contributed by atoms with Gasteiger partial charge in [-0.05, 0) is 44.1 Å². The number of nitrogens with zero attached hydrogens (tertiary/aromatic N) is 2. The maximum atomic E-state index is 13.0. The summed E-state index contributed by atoms with van der Waals surface area (Å²) in [6.45, 7) is 8.29. The highest BCUT2D eigenvalue weighted by atomic mass is 32.1. The fraction of sp³-hybridized carbons (Fsp3) is 0.632. The first-order chi connectivity index (χ1) is 12.5. The van der Waals surface area contributed by atoms with Crippen LogP contribution in [0.3, 0.4) is 0 Å². The smallest absolute Gasteiger partial charge is 0.262 e. The van der Waals surface area contributed by atoms with Gasteiger partial charge in [0.1, 0.15) is 6.04 Å². The van der Waals surface area contributed by atoms with E-state index in [9.17, 15) is 14.4 Å². The highest BCUT2D eigenvalue weighted by molar-refractivity contribution is 7.12. The van der Waals surface area contributed by atoms with Crippen molar-refractivity contribution in [2.45, 2.75) is 46.1 Å². The molecule has 0 unspecified atom stereocenters. The Kier molecular flexibility index (Phi) is 7.63. The van der Waals surface area contributed by atoms with Crippen LogP contribution in [0.2, 0.25) is 0 Å². The summed E-state index contributed by atoms with van der Waals surface area (Å²) in [5.74, 6) is -0.0247. The van der Waals surface area contributed by atoms with Gasteiger partial charge in [-0.1, -0.05) is 13.0 Å². The molecule has 1 aromatic rings. The van der Waals surface area contributed by atoms with Gasteiger partial charge in [-0.2, -0.15) is 0 Å². The first-order valence-corrected chi connectivity index (χ1v) is 10.3. The third-order valence-corrected chi connectivity index (χ3v) is 5.91. The molecule has 1 atom stereocenters. The fourth-order valence-electron chi connectivity index (χ4n) is 3.44. The van der Waals surface area contributed by atoms with Gasteiger partial charge in [0.25, 0.3) is 5.91 Å². The van der Waals surface area contributed by atoms with E-state index in [1.807, 2.05) is 37.1 Å². The van der Waals surface area contributed by atoms with Crippen LogP contribution in [-0.4, -0.2) is 59.7 Å². The van der Waals surface area contributed by atoms with Crippen molar-refractivity contribution in [2.75, 3.05) is 26.2 Å². The van der Waals surface area contributed by atoms with Gasteiger partial charge in [-0.3, -0.25) is 14.4 Å². The Morgan fingerprint density at radius 3 is 2.38 bits per heavy atom. The molecular weight excluding hydrogens is 350 g/mol. The summed E-state index contributed by atoms with van der Waals surface area (Å²) in [6, 6.07) is 3.06. The Balaban J connectivity index is 2.11. The van der Waals surface area contributed by atoms with Gasteiger partial charge < -0.3 is 15.1 Å². The van der Waals surface area contributed by atoms with E-state index < -0.39 is 6.04 Å². The molecule has 7 heteroatoms. The Labute approximate surface area is 159 Å². The Bertz CT molecular complexity index is 606. The van der Waals surface area contributed by atoms with Gasteiger partial charge in [-0.15, -0.1) is 11.3 Å². The lowest BCUT2D eigenvalue weighted by Crippen LogP contribution is -2.54. The van der Waals surface area contributed by atoms with Gasteiger partial charge in [-0.25, -0.2) is 0 Å². The molecule has 144 valence electrons. The zero-order chi connectivity index (χ0) is 19.1. The number of likely N-dealkylation sites (N-methyl/N-ethyl adjacent to an activating group) is 1. The molecular formula is C19H29N3O3S. The number of carbonyl (C=O) groups excluding carboxylic acids is 3. The molecule has 1 saturated heterocycles. The Hall–Kier alpha value is -1.89. The quantitative estimate of drug-likeness (QED) is 0.791. The van der Waals surface area contributed by atoms with Crippen molar-refractivity contribution in [3.63, 3.8) is 0 Å². The zero-order valence-corrected chi connectivity index (χ0v) is 16.7. The second kappa shape index (κ2) is 9.71. The van der Waals surface area contributed by atoms with E-state index in [0.717, 1.165) is 12.8 Å². The minimum Gasteiger partial charge on any atom is -0.343 e. The van der Waals surface area contributed by atoms with Crippen molar-refractivity contribution >= 4 is 29.1 Å². The van der Waals surface area contributed by atoms with Crippen LogP contribution in [0.4, 0.5) is 0 Å². The molecule has 1 aliphatic heterocycles. The number of rotatable bonds is 7. The number of hydrogen-bond donors (Lipinski definition) is 1. The van der Waals surface area contributed by atoms with Crippen LogP contribution in [0.1, 0.15) is 49.7 Å². The predicted molar refractivity (Wildman–Crippen MR) is 103 cm³/mol. The molecule has 2 heterocycles. The zero-order valence-electron chi connectivity index (χ0n) is 15.9. The first kappa shape index (κ1) is 20.4. The van der Waals surface area contributed by atoms with Gasteiger partial charge in [0.2, 0.25) is 11.8 Å². The van der Waals surface area contributed by atoms with E-state index in [2.05, 4.69) is 5.32 Å². The summed E-state index contributed by atoms with van der Waals surface area (Å²) in [4.78, 5) is 41.7. The van der Waals surface area contributed by atoms with Crippen molar-refractivity contribution < 1.29 is 14.4 Å². The first-order valence-electron chi connectivity index (χ1n) is 9.42. The lowest BCUT2D eigenvalue weighted by molar-refractivity contribution is -0.135. The standard InChI is InChI=1S/C19H29N3O3S/c1-4-16(23)22-11-9-14(10-12-22)17(19(25)21(5-2)6-3)20-18(24)15-8-7-13-26-15/h7-8,13-14,17H,4-6,9-12H2,1-3H3,(H,20,24)/t17-/m1/s1. The molecule has 0 bridgehead atoms. The Morgan fingerprint density at radius 1 is 1.23 bits per heavy atom. The maximum absolute atomic E-state index is 13.0. The van der Waals surface area contributed by atoms with Crippen molar-refractivity contribution in [3.8, 4) is 0 Å². The minimum absolute atomic E-state index is 0.0276. The number of thiophene rings is 1. The number of nitrogens with one attached hydrogen (secondary N) is 1. The lowest BCUT2D eigenvalue weighted by atomic mass is 9.88. The molecule has 3 amide bonds. The second-order valence-electron chi connectivity index (χ2n) is 6.51. The van der Waals surface area contributed by atoms with E-state index in [1.165, 1.54) is 11.3 Å². The molecule has 1 aliphatic rings. The minimum atomic E-state index is -0.539. The van der Waals surface area contributed by atoms with E-state index in [1.54, 1.807) is 11.0 Å². The number of hydrogen-bond acceptors (Lipinski definition) is 4. The summed E-state index contributed by atoms with van der Waals surface area (Å²) >= 11 is 1.37. The molecule has 1 N–H and O–H groups in total. The van der Waals surface area contributed by atoms with Crippen LogP contribution in [-0.2, 0) is 9.59 Å². The Morgan fingerprint density at radius 2 is 1.88 bits per heavy atom. The molecule has 26 heavy (non-hydrogen) atoms. The van der Waals surface area contributed by atoms with Gasteiger partial charge in [0.05, 0.1) is 4.88 Å².